The molecule has 1 aromatic carbocycles. The highest BCUT2D eigenvalue weighted by Gasteiger charge is 1.97. The Morgan fingerprint density at radius 2 is 2.00 bits per heavy atom. The second kappa shape index (κ2) is 12.5. The van der Waals surface area contributed by atoms with Gasteiger partial charge in [0.1, 0.15) is 0 Å². The molecule has 0 aliphatic rings. The van der Waals surface area contributed by atoms with E-state index in [0.717, 1.165) is 44.4 Å². The summed E-state index contributed by atoms with van der Waals surface area (Å²) < 4.78 is 5.31. The van der Waals surface area contributed by atoms with E-state index in [0.29, 0.717) is 6.61 Å². The highest BCUT2D eigenvalue weighted by molar-refractivity contribution is 7.99. The minimum absolute atomic E-state index is 0.713. The molecule has 2 N–H and O–H groups in total. The van der Waals surface area contributed by atoms with Crippen LogP contribution in [0.5, 0.6) is 0 Å². The van der Waals surface area contributed by atoms with Crippen molar-refractivity contribution in [2.75, 3.05) is 38.6 Å². The number of ether oxygens (including phenoxy) is 1. The molecule has 0 heterocycles. The van der Waals surface area contributed by atoms with Gasteiger partial charge in [0.15, 0.2) is 5.96 Å². The van der Waals surface area contributed by atoms with Crippen molar-refractivity contribution in [1.29, 1.82) is 0 Å². The molecular formula is C16H27N3OS. The van der Waals surface area contributed by atoms with Crippen LogP contribution in [0.4, 0.5) is 0 Å². The molecule has 0 radical (unpaired) electrons. The van der Waals surface area contributed by atoms with E-state index < -0.39 is 0 Å². The van der Waals surface area contributed by atoms with Gasteiger partial charge in [-0.05, 0) is 38.2 Å². The highest BCUT2D eigenvalue weighted by Crippen LogP contribution is 2.17. The van der Waals surface area contributed by atoms with Crippen molar-refractivity contribution in [2.24, 2.45) is 4.99 Å². The van der Waals surface area contributed by atoms with E-state index in [1.165, 1.54) is 4.90 Å². The maximum atomic E-state index is 5.31. The van der Waals surface area contributed by atoms with Crippen molar-refractivity contribution in [3.63, 3.8) is 0 Å². The summed E-state index contributed by atoms with van der Waals surface area (Å²) >= 11 is 1.88. The Bertz CT molecular complexity index is 384. The summed E-state index contributed by atoms with van der Waals surface area (Å²) in [4.78, 5) is 5.89. The van der Waals surface area contributed by atoms with Crippen LogP contribution < -0.4 is 10.6 Å². The lowest BCUT2D eigenvalue weighted by atomic mass is 10.4. The minimum atomic E-state index is 0.713. The molecule has 0 spiro atoms. The molecule has 0 atom stereocenters. The number of hydrogen-bond donors (Lipinski definition) is 2. The maximum absolute atomic E-state index is 5.31. The van der Waals surface area contributed by atoms with Crippen molar-refractivity contribution >= 4 is 17.7 Å². The predicted molar refractivity (Wildman–Crippen MR) is 92.3 cm³/mol. The van der Waals surface area contributed by atoms with Crippen LogP contribution in [0.2, 0.25) is 0 Å². The third kappa shape index (κ3) is 9.37. The maximum Gasteiger partial charge on any atom is 0.191 e. The molecule has 0 aliphatic carbocycles. The Balaban J connectivity index is 2.17. The Morgan fingerprint density at radius 3 is 2.71 bits per heavy atom. The first-order chi connectivity index (χ1) is 10.4. The van der Waals surface area contributed by atoms with Crippen molar-refractivity contribution in [1.82, 2.24) is 10.6 Å². The summed E-state index contributed by atoms with van der Waals surface area (Å²) in [5, 5.41) is 6.52. The summed E-state index contributed by atoms with van der Waals surface area (Å²) in [5.41, 5.74) is 0. The van der Waals surface area contributed by atoms with Crippen LogP contribution in [0, 0.1) is 0 Å². The van der Waals surface area contributed by atoms with Gasteiger partial charge < -0.3 is 15.4 Å². The number of nitrogens with one attached hydrogen (secondary N) is 2. The second-order valence-corrected chi connectivity index (χ2v) is 5.57. The van der Waals surface area contributed by atoms with Gasteiger partial charge in [0, 0.05) is 31.1 Å². The number of hydrogen-bond acceptors (Lipinski definition) is 3. The summed E-state index contributed by atoms with van der Waals surface area (Å²) in [6, 6.07) is 10.5. The van der Waals surface area contributed by atoms with Gasteiger partial charge in [-0.25, -0.2) is 0 Å². The van der Waals surface area contributed by atoms with E-state index in [-0.39, 0.29) is 0 Å². The fraction of sp³-hybridized carbons (Fsp3) is 0.562. The van der Waals surface area contributed by atoms with E-state index in [4.69, 9.17) is 4.74 Å². The van der Waals surface area contributed by atoms with Crippen molar-refractivity contribution in [3.05, 3.63) is 30.3 Å². The molecule has 1 aromatic rings. The lowest BCUT2D eigenvalue weighted by Crippen LogP contribution is -2.39. The van der Waals surface area contributed by atoms with Crippen LogP contribution in [0.3, 0.4) is 0 Å². The summed E-state index contributed by atoms with van der Waals surface area (Å²) in [6.07, 6.45) is 1.07. The quantitative estimate of drug-likeness (QED) is 0.302. The Morgan fingerprint density at radius 1 is 1.19 bits per heavy atom. The molecule has 0 saturated heterocycles. The molecule has 0 unspecified atom stereocenters. The Hall–Kier alpha value is -1.20. The molecule has 0 bridgehead atoms. The predicted octanol–water partition coefficient (Wildman–Crippen LogP) is 2.76. The zero-order valence-corrected chi connectivity index (χ0v) is 13.9. The normalized spacial score (nSPS) is 11.4. The zero-order chi connectivity index (χ0) is 15.2. The van der Waals surface area contributed by atoms with Gasteiger partial charge in [-0.15, -0.1) is 11.8 Å². The van der Waals surface area contributed by atoms with Crippen LogP contribution in [-0.2, 0) is 4.74 Å². The van der Waals surface area contributed by atoms with E-state index in [2.05, 4.69) is 46.8 Å². The minimum Gasteiger partial charge on any atom is -0.380 e. The molecule has 118 valence electrons. The van der Waals surface area contributed by atoms with Crippen molar-refractivity contribution in [3.8, 4) is 0 Å². The largest absolute Gasteiger partial charge is 0.380 e. The van der Waals surface area contributed by atoms with E-state index in [1.54, 1.807) is 0 Å². The number of thioether (sulfide) groups is 1. The summed E-state index contributed by atoms with van der Waals surface area (Å²) in [7, 11) is 0. The fourth-order valence-electron chi connectivity index (χ4n) is 1.69. The number of nitrogens with zero attached hydrogens (tertiary/aromatic N) is 1. The van der Waals surface area contributed by atoms with Gasteiger partial charge >= 0.3 is 0 Å². The van der Waals surface area contributed by atoms with Crippen LogP contribution in [0.25, 0.3) is 0 Å². The third-order valence-electron chi connectivity index (χ3n) is 2.67. The molecule has 21 heavy (non-hydrogen) atoms. The topological polar surface area (TPSA) is 45.7 Å². The first-order valence-electron chi connectivity index (χ1n) is 7.64. The molecule has 0 fully saturated rings. The van der Waals surface area contributed by atoms with Gasteiger partial charge in [0.05, 0.1) is 6.61 Å². The summed E-state index contributed by atoms with van der Waals surface area (Å²) in [5.74, 6) is 1.97. The first kappa shape index (κ1) is 17.9. The van der Waals surface area contributed by atoms with Gasteiger partial charge in [-0.1, -0.05) is 18.2 Å². The number of benzene rings is 1. The van der Waals surface area contributed by atoms with E-state index in [1.807, 2.05) is 24.8 Å². The Labute approximate surface area is 132 Å². The van der Waals surface area contributed by atoms with Crippen LogP contribution in [0.1, 0.15) is 20.3 Å². The van der Waals surface area contributed by atoms with E-state index >= 15 is 0 Å². The zero-order valence-electron chi connectivity index (χ0n) is 13.1. The molecule has 0 saturated carbocycles. The lowest BCUT2D eigenvalue weighted by Gasteiger charge is -2.11. The third-order valence-corrected chi connectivity index (χ3v) is 3.77. The first-order valence-corrected chi connectivity index (χ1v) is 8.63. The average molecular weight is 309 g/mol. The molecule has 5 heteroatoms. The number of aliphatic imine (C=N–C) groups is 1. The highest BCUT2D eigenvalue weighted by atomic mass is 32.2. The molecule has 0 amide bonds. The standard InChI is InChI=1S/C16H27N3OS/c1-3-17-16(19-12-13-20-4-2)18-11-8-14-21-15-9-6-5-7-10-15/h5-7,9-10H,3-4,8,11-14H2,1-2H3,(H2,17,18,19). The van der Waals surface area contributed by atoms with Gasteiger partial charge in [0.2, 0.25) is 0 Å². The number of rotatable bonds is 10. The molecule has 0 aliphatic heterocycles. The van der Waals surface area contributed by atoms with Crippen LogP contribution in [0.15, 0.2) is 40.2 Å². The molecule has 0 aromatic heterocycles. The molecule has 1 rings (SSSR count). The van der Waals surface area contributed by atoms with Crippen LogP contribution in [-0.4, -0.2) is 44.6 Å². The van der Waals surface area contributed by atoms with Crippen molar-refractivity contribution < 1.29 is 4.74 Å². The number of guanidine groups is 1. The lowest BCUT2D eigenvalue weighted by molar-refractivity contribution is 0.152. The molecular weight excluding hydrogens is 282 g/mol. The van der Waals surface area contributed by atoms with Crippen molar-refractivity contribution in [2.45, 2.75) is 25.2 Å². The molecule has 4 nitrogen and oxygen atoms in total. The second-order valence-electron chi connectivity index (χ2n) is 4.40. The van der Waals surface area contributed by atoms with E-state index in [9.17, 15) is 0 Å². The fourth-order valence-corrected chi connectivity index (χ4v) is 2.55. The summed E-state index contributed by atoms with van der Waals surface area (Å²) in [6.45, 7) is 8.05. The van der Waals surface area contributed by atoms with Crippen LogP contribution >= 0.6 is 11.8 Å². The van der Waals surface area contributed by atoms with Gasteiger partial charge in [0.25, 0.3) is 0 Å². The Kier molecular flexibility index (Phi) is 10.7. The SMILES string of the molecule is CCNC(=NCCCSc1ccccc1)NCCOCC. The van der Waals surface area contributed by atoms with Gasteiger partial charge in [-0.3, -0.25) is 4.99 Å². The smallest absolute Gasteiger partial charge is 0.191 e. The van der Waals surface area contributed by atoms with Gasteiger partial charge in [-0.2, -0.15) is 0 Å². The average Bonchev–Trinajstić information content (AvgIpc) is 2.52. The monoisotopic (exact) mass is 309 g/mol.